The van der Waals surface area contributed by atoms with Crippen LogP contribution in [0.2, 0.25) is 0 Å². The number of allylic oxidation sites excluding steroid dienone is 1. The Labute approximate surface area is 65.2 Å². The van der Waals surface area contributed by atoms with Gasteiger partial charge in [0.2, 0.25) is 0 Å². The van der Waals surface area contributed by atoms with Crippen molar-refractivity contribution in [1.29, 1.82) is 0 Å². The zero-order valence-electron chi connectivity index (χ0n) is 5.63. The Morgan fingerprint density at radius 2 is 2.60 bits per heavy atom. The highest BCUT2D eigenvalue weighted by molar-refractivity contribution is 7.10. The van der Waals surface area contributed by atoms with Crippen molar-refractivity contribution in [3.05, 3.63) is 35.0 Å². The Balaban J connectivity index is 2.57. The summed E-state index contributed by atoms with van der Waals surface area (Å²) in [6.07, 6.45) is 2.58. The first-order valence-electron chi connectivity index (χ1n) is 3.07. The minimum atomic E-state index is 0.776. The summed E-state index contributed by atoms with van der Waals surface area (Å²) in [6, 6.07) is 4.02. The Bertz CT molecular complexity index is 246. The molecular formula is C9H8S. The highest BCUT2D eigenvalue weighted by Crippen LogP contribution is 2.05. The van der Waals surface area contributed by atoms with Crippen LogP contribution in [0.4, 0.5) is 0 Å². The van der Waals surface area contributed by atoms with Crippen molar-refractivity contribution in [2.75, 3.05) is 0 Å². The molecule has 1 aromatic heterocycles. The van der Waals surface area contributed by atoms with E-state index in [1.165, 1.54) is 0 Å². The molecule has 0 atom stereocenters. The van der Waals surface area contributed by atoms with E-state index in [2.05, 4.69) is 18.4 Å². The molecule has 1 rings (SSSR count). The van der Waals surface area contributed by atoms with Crippen LogP contribution in [-0.2, 0) is 0 Å². The molecule has 50 valence electrons. The third kappa shape index (κ3) is 2.08. The predicted molar refractivity (Wildman–Crippen MR) is 46.0 cm³/mol. The van der Waals surface area contributed by atoms with Crippen molar-refractivity contribution in [2.45, 2.75) is 6.42 Å². The molecule has 0 N–H and O–H groups in total. The highest BCUT2D eigenvalue weighted by Gasteiger charge is 1.81. The zero-order valence-corrected chi connectivity index (χ0v) is 6.45. The molecule has 0 nitrogen and oxygen atoms in total. The van der Waals surface area contributed by atoms with Crippen LogP contribution >= 0.6 is 11.3 Å². The van der Waals surface area contributed by atoms with Crippen molar-refractivity contribution in [2.24, 2.45) is 0 Å². The third-order valence-electron chi connectivity index (χ3n) is 0.979. The maximum Gasteiger partial charge on any atom is 0.0768 e. The fraction of sp³-hybridized carbons (Fsp3) is 0.111. The van der Waals surface area contributed by atoms with Crippen molar-refractivity contribution >= 4 is 11.3 Å². The number of thiophene rings is 1. The Hall–Kier alpha value is -1.000. The summed E-state index contributed by atoms with van der Waals surface area (Å²) in [5.41, 5.74) is 0. The van der Waals surface area contributed by atoms with Gasteiger partial charge in [0, 0.05) is 6.42 Å². The first-order valence-corrected chi connectivity index (χ1v) is 3.94. The Morgan fingerprint density at radius 1 is 1.70 bits per heavy atom. The van der Waals surface area contributed by atoms with Gasteiger partial charge in [-0.25, -0.2) is 0 Å². The van der Waals surface area contributed by atoms with E-state index >= 15 is 0 Å². The van der Waals surface area contributed by atoms with E-state index < -0.39 is 0 Å². The molecule has 0 aliphatic heterocycles. The van der Waals surface area contributed by atoms with Gasteiger partial charge in [-0.3, -0.25) is 0 Å². The molecule has 0 aromatic carbocycles. The number of hydrogen-bond donors (Lipinski definition) is 0. The van der Waals surface area contributed by atoms with E-state index in [0.29, 0.717) is 0 Å². The largest absolute Gasteiger partial charge is 0.135 e. The fourth-order valence-corrected chi connectivity index (χ4v) is 1.15. The first kappa shape index (κ1) is 7.11. The van der Waals surface area contributed by atoms with Crippen LogP contribution < -0.4 is 0 Å². The summed E-state index contributed by atoms with van der Waals surface area (Å²) in [4.78, 5) is 1.13. The van der Waals surface area contributed by atoms with Crippen molar-refractivity contribution in [3.63, 3.8) is 0 Å². The Morgan fingerprint density at radius 3 is 3.20 bits per heavy atom. The molecule has 0 bridgehead atoms. The van der Waals surface area contributed by atoms with Crippen LogP contribution in [0.5, 0.6) is 0 Å². The van der Waals surface area contributed by atoms with E-state index in [9.17, 15) is 0 Å². The quantitative estimate of drug-likeness (QED) is 0.424. The molecule has 1 aromatic rings. The maximum absolute atomic E-state index is 3.58. The van der Waals surface area contributed by atoms with Gasteiger partial charge < -0.3 is 0 Å². The molecule has 0 spiro atoms. The minimum Gasteiger partial charge on any atom is -0.135 e. The predicted octanol–water partition coefficient (Wildman–Crippen LogP) is 2.68. The number of rotatable bonds is 1. The van der Waals surface area contributed by atoms with Gasteiger partial charge in [-0.05, 0) is 11.4 Å². The van der Waals surface area contributed by atoms with Gasteiger partial charge in [-0.15, -0.1) is 17.9 Å². The molecule has 0 saturated carbocycles. The van der Waals surface area contributed by atoms with Gasteiger partial charge in [-0.2, -0.15) is 0 Å². The van der Waals surface area contributed by atoms with E-state index in [1.54, 1.807) is 17.4 Å². The van der Waals surface area contributed by atoms with Gasteiger partial charge in [0.25, 0.3) is 0 Å². The second kappa shape index (κ2) is 3.92. The third-order valence-corrected chi connectivity index (χ3v) is 1.76. The normalized spacial score (nSPS) is 8.00. The molecule has 0 radical (unpaired) electrons. The highest BCUT2D eigenvalue weighted by atomic mass is 32.1. The lowest BCUT2D eigenvalue weighted by Gasteiger charge is -1.73. The average Bonchev–Trinajstić information content (AvgIpc) is 2.41. The monoisotopic (exact) mass is 148 g/mol. The van der Waals surface area contributed by atoms with Gasteiger partial charge in [-0.1, -0.05) is 24.0 Å². The van der Waals surface area contributed by atoms with Crippen LogP contribution in [0.1, 0.15) is 11.3 Å². The molecule has 0 amide bonds. The van der Waals surface area contributed by atoms with Gasteiger partial charge >= 0.3 is 0 Å². The van der Waals surface area contributed by atoms with Crippen LogP contribution in [0.25, 0.3) is 0 Å². The molecule has 0 aliphatic carbocycles. The van der Waals surface area contributed by atoms with E-state index in [0.717, 1.165) is 11.3 Å². The first-order chi connectivity index (χ1) is 4.93. The van der Waals surface area contributed by atoms with Crippen molar-refractivity contribution in [3.8, 4) is 11.8 Å². The lowest BCUT2D eigenvalue weighted by molar-refractivity contribution is 1.49. The summed E-state index contributed by atoms with van der Waals surface area (Å²) in [7, 11) is 0. The second-order valence-electron chi connectivity index (χ2n) is 1.77. The van der Waals surface area contributed by atoms with E-state index in [-0.39, 0.29) is 0 Å². The molecule has 0 fully saturated rings. The Kier molecular flexibility index (Phi) is 2.79. The zero-order chi connectivity index (χ0) is 7.23. The average molecular weight is 148 g/mol. The summed E-state index contributed by atoms with van der Waals surface area (Å²) < 4.78 is 0. The van der Waals surface area contributed by atoms with Gasteiger partial charge in [0.1, 0.15) is 0 Å². The van der Waals surface area contributed by atoms with E-state index in [1.807, 2.05) is 17.5 Å². The molecule has 1 heteroatoms. The summed E-state index contributed by atoms with van der Waals surface area (Å²) >= 11 is 1.67. The topological polar surface area (TPSA) is 0 Å². The summed E-state index contributed by atoms with van der Waals surface area (Å²) in [5.74, 6) is 6.00. The summed E-state index contributed by atoms with van der Waals surface area (Å²) in [5, 5.41) is 2.03. The molecule has 0 unspecified atom stereocenters. The molecule has 0 aliphatic rings. The van der Waals surface area contributed by atoms with Crippen LogP contribution in [0, 0.1) is 11.8 Å². The molecule has 1 heterocycles. The molecule has 0 saturated heterocycles. The SMILES string of the molecule is C=CCC#Cc1cccs1. The van der Waals surface area contributed by atoms with Gasteiger partial charge in [0.15, 0.2) is 0 Å². The maximum atomic E-state index is 3.58. The minimum absolute atomic E-state index is 0.776. The van der Waals surface area contributed by atoms with Crippen LogP contribution in [0.15, 0.2) is 30.2 Å². The standard InChI is InChI=1S/C9H8S/c1-2-3-4-6-9-7-5-8-10-9/h2,5,7-8H,1,3H2. The van der Waals surface area contributed by atoms with E-state index in [4.69, 9.17) is 0 Å². The fourth-order valence-electron chi connectivity index (χ4n) is 0.560. The summed E-state index contributed by atoms with van der Waals surface area (Å²) in [6.45, 7) is 3.58. The molecular weight excluding hydrogens is 140 g/mol. The second-order valence-corrected chi connectivity index (χ2v) is 2.72. The molecule has 10 heavy (non-hydrogen) atoms. The lowest BCUT2D eigenvalue weighted by Crippen LogP contribution is -1.59. The van der Waals surface area contributed by atoms with Gasteiger partial charge in [0.05, 0.1) is 4.88 Å². The smallest absolute Gasteiger partial charge is 0.0768 e. The van der Waals surface area contributed by atoms with Crippen molar-refractivity contribution < 1.29 is 0 Å². The number of hydrogen-bond acceptors (Lipinski definition) is 1. The van der Waals surface area contributed by atoms with Crippen LogP contribution in [0.3, 0.4) is 0 Å². The lowest BCUT2D eigenvalue weighted by atomic mass is 10.4. The van der Waals surface area contributed by atoms with Crippen LogP contribution in [-0.4, -0.2) is 0 Å². The van der Waals surface area contributed by atoms with Crippen molar-refractivity contribution in [1.82, 2.24) is 0 Å².